The summed E-state index contributed by atoms with van der Waals surface area (Å²) in [5.41, 5.74) is 1.88. The maximum Gasteiger partial charge on any atom is 0.254 e. The second kappa shape index (κ2) is 9.56. The minimum Gasteiger partial charge on any atom is -0.487 e. The first-order valence-electron chi connectivity index (χ1n) is 11.3. The third-order valence-electron chi connectivity index (χ3n) is 6.46. The molecular weight excluding hydrogens is 440 g/mol. The van der Waals surface area contributed by atoms with Crippen LogP contribution in [0.15, 0.2) is 77.7 Å². The molecule has 3 nitrogen and oxygen atoms in total. The molecule has 2 bridgehead atoms. The Morgan fingerprint density at radius 3 is 2.30 bits per heavy atom. The van der Waals surface area contributed by atoms with Crippen molar-refractivity contribution >= 4 is 17.7 Å². The van der Waals surface area contributed by atoms with Gasteiger partial charge in [0.1, 0.15) is 11.9 Å². The van der Waals surface area contributed by atoms with Gasteiger partial charge in [0.15, 0.2) is 11.6 Å². The number of halogens is 2. The van der Waals surface area contributed by atoms with Gasteiger partial charge in [0.25, 0.3) is 5.91 Å². The highest BCUT2D eigenvalue weighted by Crippen LogP contribution is 2.38. The molecule has 2 atom stereocenters. The lowest BCUT2D eigenvalue weighted by atomic mass is 9.98. The van der Waals surface area contributed by atoms with Crippen LogP contribution in [0.25, 0.3) is 0 Å². The fourth-order valence-corrected chi connectivity index (χ4v) is 5.76. The fourth-order valence-electron chi connectivity index (χ4n) is 4.88. The predicted octanol–water partition coefficient (Wildman–Crippen LogP) is 6.47. The van der Waals surface area contributed by atoms with Gasteiger partial charge in [0.2, 0.25) is 0 Å². The van der Waals surface area contributed by atoms with E-state index in [0.717, 1.165) is 24.7 Å². The Morgan fingerprint density at radius 1 is 0.939 bits per heavy atom. The summed E-state index contributed by atoms with van der Waals surface area (Å²) in [5.74, 6) is -0.330. The molecule has 2 aliphatic heterocycles. The monoisotopic (exact) mass is 465 g/mol. The van der Waals surface area contributed by atoms with E-state index < -0.39 is 11.6 Å². The van der Waals surface area contributed by atoms with Gasteiger partial charge in [0.05, 0.1) is 0 Å². The highest BCUT2D eigenvalue weighted by Gasteiger charge is 2.44. The number of benzene rings is 3. The van der Waals surface area contributed by atoms with E-state index in [-0.39, 0.29) is 29.8 Å². The average Bonchev–Trinajstić information content (AvgIpc) is 3.10. The third-order valence-corrected chi connectivity index (χ3v) is 7.54. The zero-order valence-corrected chi connectivity index (χ0v) is 18.9. The number of thioether (sulfide) groups is 1. The van der Waals surface area contributed by atoms with Crippen LogP contribution in [0.4, 0.5) is 8.78 Å². The Bertz CT molecular complexity index is 1110. The van der Waals surface area contributed by atoms with E-state index in [4.69, 9.17) is 4.74 Å². The van der Waals surface area contributed by atoms with Crippen LogP contribution in [0.1, 0.15) is 41.6 Å². The Kier molecular flexibility index (Phi) is 6.36. The molecule has 2 heterocycles. The van der Waals surface area contributed by atoms with E-state index in [1.807, 2.05) is 47.4 Å². The molecule has 170 valence electrons. The van der Waals surface area contributed by atoms with Crippen molar-refractivity contribution in [3.8, 4) is 5.75 Å². The number of piperidine rings is 1. The van der Waals surface area contributed by atoms with Crippen molar-refractivity contribution in [2.45, 2.75) is 54.5 Å². The van der Waals surface area contributed by atoms with Gasteiger partial charge in [0, 0.05) is 47.2 Å². The molecule has 3 aromatic carbocycles. The van der Waals surface area contributed by atoms with Crippen LogP contribution in [0.3, 0.4) is 0 Å². The number of hydrogen-bond acceptors (Lipinski definition) is 3. The Hall–Kier alpha value is -2.86. The van der Waals surface area contributed by atoms with E-state index in [1.165, 1.54) is 22.6 Å². The van der Waals surface area contributed by atoms with Gasteiger partial charge in [-0.3, -0.25) is 4.79 Å². The van der Waals surface area contributed by atoms with Crippen molar-refractivity contribution in [3.63, 3.8) is 0 Å². The molecule has 0 radical (unpaired) electrons. The second-order valence-electron chi connectivity index (χ2n) is 8.68. The molecule has 3 aromatic rings. The number of fused-ring (bicyclic) bond motifs is 2. The van der Waals surface area contributed by atoms with E-state index in [2.05, 4.69) is 12.1 Å². The predicted molar refractivity (Wildman–Crippen MR) is 125 cm³/mol. The summed E-state index contributed by atoms with van der Waals surface area (Å²) in [6.07, 6.45) is 2.99. The molecule has 1 amide bonds. The summed E-state index contributed by atoms with van der Waals surface area (Å²) in [7, 11) is 0. The van der Waals surface area contributed by atoms with Crippen molar-refractivity contribution in [2.75, 3.05) is 0 Å². The number of hydrogen-bond donors (Lipinski definition) is 0. The Labute approximate surface area is 196 Å². The number of carbonyl (C=O) groups excluding carboxylic acids is 1. The second-order valence-corrected chi connectivity index (χ2v) is 9.73. The minimum atomic E-state index is -0.689. The highest BCUT2D eigenvalue weighted by atomic mass is 32.2. The van der Waals surface area contributed by atoms with Gasteiger partial charge in [-0.05, 0) is 54.8 Å². The van der Waals surface area contributed by atoms with Crippen molar-refractivity contribution in [1.29, 1.82) is 0 Å². The van der Waals surface area contributed by atoms with E-state index in [9.17, 15) is 13.6 Å². The maximum absolute atomic E-state index is 14.0. The molecule has 2 saturated heterocycles. The van der Waals surface area contributed by atoms with Crippen molar-refractivity contribution in [1.82, 2.24) is 4.90 Å². The molecule has 0 aliphatic carbocycles. The number of amides is 1. The van der Waals surface area contributed by atoms with Crippen LogP contribution in [-0.2, 0) is 5.75 Å². The van der Waals surface area contributed by atoms with Gasteiger partial charge in [-0.25, -0.2) is 8.78 Å². The summed E-state index contributed by atoms with van der Waals surface area (Å²) in [5, 5.41) is 0. The molecule has 0 aromatic heterocycles. The zero-order valence-electron chi connectivity index (χ0n) is 18.1. The smallest absolute Gasteiger partial charge is 0.254 e. The SMILES string of the molecule is O=C(c1ccc(CSc2ccccc2)cc1)N1C2CCC1CC(Oc1ccc(F)cc1F)C2. The number of carbonyl (C=O) groups is 1. The average molecular weight is 466 g/mol. The summed E-state index contributed by atoms with van der Waals surface area (Å²) >= 11 is 1.77. The van der Waals surface area contributed by atoms with Crippen molar-refractivity contribution in [3.05, 3.63) is 95.6 Å². The van der Waals surface area contributed by atoms with Crippen molar-refractivity contribution in [2.24, 2.45) is 0 Å². The molecule has 2 unspecified atom stereocenters. The van der Waals surface area contributed by atoms with Crippen LogP contribution >= 0.6 is 11.8 Å². The lowest BCUT2D eigenvalue weighted by molar-refractivity contribution is 0.0349. The molecule has 2 fully saturated rings. The zero-order chi connectivity index (χ0) is 22.8. The lowest BCUT2D eigenvalue weighted by Crippen LogP contribution is -2.49. The largest absolute Gasteiger partial charge is 0.487 e. The highest BCUT2D eigenvalue weighted by molar-refractivity contribution is 7.98. The van der Waals surface area contributed by atoms with Gasteiger partial charge in [-0.1, -0.05) is 30.3 Å². The van der Waals surface area contributed by atoms with Crippen LogP contribution in [0.5, 0.6) is 5.75 Å². The molecule has 0 N–H and O–H groups in total. The fraction of sp³-hybridized carbons (Fsp3) is 0.296. The van der Waals surface area contributed by atoms with Crippen LogP contribution in [-0.4, -0.2) is 29.0 Å². The van der Waals surface area contributed by atoms with E-state index in [0.29, 0.717) is 18.4 Å². The van der Waals surface area contributed by atoms with E-state index >= 15 is 0 Å². The molecule has 2 aliphatic rings. The first kappa shape index (κ1) is 22.0. The molecule has 0 saturated carbocycles. The number of rotatable bonds is 6. The molecule has 0 spiro atoms. The van der Waals surface area contributed by atoms with Gasteiger partial charge < -0.3 is 9.64 Å². The number of nitrogens with zero attached hydrogens (tertiary/aromatic N) is 1. The normalized spacial score (nSPS) is 21.8. The van der Waals surface area contributed by atoms with E-state index in [1.54, 1.807) is 11.8 Å². The van der Waals surface area contributed by atoms with Crippen LogP contribution in [0, 0.1) is 11.6 Å². The van der Waals surface area contributed by atoms with Gasteiger partial charge >= 0.3 is 0 Å². The quantitative estimate of drug-likeness (QED) is 0.391. The number of ether oxygens (including phenoxy) is 1. The van der Waals surface area contributed by atoms with Gasteiger partial charge in [-0.2, -0.15) is 0 Å². The first-order chi connectivity index (χ1) is 16.1. The third kappa shape index (κ3) is 4.91. The van der Waals surface area contributed by atoms with Crippen LogP contribution in [0.2, 0.25) is 0 Å². The maximum atomic E-state index is 14.0. The standard InChI is InChI=1S/C27H25F2NO2S/c28-20-10-13-26(25(29)14-20)32-23-15-21-11-12-22(16-23)30(21)27(31)19-8-6-18(7-9-19)17-33-24-4-2-1-3-5-24/h1-10,13-14,21-23H,11-12,15-17H2. The topological polar surface area (TPSA) is 29.5 Å². The summed E-state index contributed by atoms with van der Waals surface area (Å²) in [6.45, 7) is 0. The molecule has 5 rings (SSSR count). The summed E-state index contributed by atoms with van der Waals surface area (Å²) in [6, 6.07) is 21.7. The lowest BCUT2D eigenvalue weighted by Gasteiger charge is -2.39. The van der Waals surface area contributed by atoms with Crippen molar-refractivity contribution < 1.29 is 18.3 Å². The molecule has 33 heavy (non-hydrogen) atoms. The summed E-state index contributed by atoms with van der Waals surface area (Å²) < 4.78 is 33.0. The van der Waals surface area contributed by atoms with Crippen LogP contribution < -0.4 is 4.74 Å². The Balaban J connectivity index is 1.21. The van der Waals surface area contributed by atoms with Gasteiger partial charge in [-0.15, -0.1) is 11.8 Å². The first-order valence-corrected chi connectivity index (χ1v) is 12.3. The minimum absolute atomic E-state index is 0.0520. The molecule has 6 heteroatoms. The summed E-state index contributed by atoms with van der Waals surface area (Å²) in [4.78, 5) is 16.5. The Morgan fingerprint density at radius 2 is 1.64 bits per heavy atom. The molecular formula is C27H25F2NO2S.